The van der Waals surface area contributed by atoms with Crippen LogP contribution in [0, 0.1) is 5.92 Å². The Kier molecular flexibility index (Phi) is 5.16. The molecule has 5 nitrogen and oxygen atoms in total. The van der Waals surface area contributed by atoms with Gasteiger partial charge in [-0.2, -0.15) is 13.2 Å². The number of alkyl halides is 3. The maximum atomic E-state index is 11.9. The van der Waals surface area contributed by atoms with Crippen molar-refractivity contribution in [3.8, 4) is 0 Å². The number of hydrogen-bond acceptors (Lipinski definition) is 3. The van der Waals surface area contributed by atoms with Gasteiger partial charge in [-0.25, -0.2) is 4.79 Å². The summed E-state index contributed by atoms with van der Waals surface area (Å²) in [6.07, 6.45) is -3.03. The Bertz CT molecular complexity index is 347. The number of likely N-dealkylation sites (tertiary alicyclic amines) is 1. The molecule has 0 radical (unpaired) electrons. The number of piperidine rings is 1. The number of carbonyl (C=O) groups is 2. The predicted molar refractivity (Wildman–Crippen MR) is 60.5 cm³/mol. The summed E-state index contributed by atoms with van der Waals surface area (Å²) >= 11 is 0. The first-order chi connectivity index (χ1) is 8.72. The smallest absolute Gasteiger partial charge is 0.401 e. The zero-order chi connectivity index (χ0) is 14.6. The number of halogens is 3. The van der Waals surface area contributed by atoms with Gasteiger partial charge < -0.3 is 15.3 Å². The summed E-state index contributed by atoms with van der Waals surface area (Å²) in [5.74, 6) is -1.92. The molecular formula is C11H17F3N2O3. The largest absolute Gasteiger partial charge is 0.480 e. The van der Waals surface area contributed by atoms with Crippen LogP contribution in [0.2, 0.25) is 0 Å². The van der Waals surface area contributed by atoms with Gasteiger partial charge in [-0.1, -0.05) is 6.92 Å². The van der Waals surface area contributed by atoms with Gasteiger partial charge in [-0.05, 0) is 18.8 Å². The van der Waals surface area contributed by atoms with Crippen molar-refractivity contribution >= 4 is 11.9 Å². The van der Waals surface area contributed by atoms with E-state index < -0.39 is 37.2 Å². The van der Waals surface area contributed by atoms with E-state index in [2.05, 4.69) is 0 Å². The molecule has 1 saturated heterocycles. The van der Waals surface area contributed by atoms with Crippen LogP contribution < -0.4 is 5.32 Å². The van der Waals surface area contributed by atoms with E-state index in [4.69, 9.17) is 5.11 Å². The third-order valence-corrected chi connectivity index (χ3v) is 3.11. The third kappa shape index (κ3) is 4.70. The Hall–Kier alpha value is -1.31. The van der Waals surface area contributed by atoms with Gasteiger partial charge in [0, 0.05) is 6.54 Å². The lowest BCUT2D eigenvalue weighted by Crippen LogP contribution is -2.54. The lowest BCUT2D eigenvalue weighted by atomic mass is 9.91. The highest BCUT2D eigenvalue weighted by atomic mass is 19.4. The van der Waals surface area contributed by atoms with E-state index in [-0.39, 0.29) is 12.5 Å². The normalized spacial score (nSPS) is 24.3. The van der Waals surface area contributed by atoms with Gasteiger partial charge in [0.15, 0.2) is 0 Å². The summed E-state index contributed by atoms with van der Waals surface area (Å²) in [5, 5.41) is 11.1. The van der Waals surface area contributed by atoms with Crippen molar-refractivity contribution in [2.75, 3.05) is 19.6 Å². The summed E-state index contributed by atoms with van der Waals surface area (Å²) in [4.78, 5) is 24.0. The Morgan fingerprint density at radius 2 is 2.05 bits per heavy atom. The molecule has 2 N–H and O–H groups in total. The van der Waals surface area contributed by atoms with Crippen molar-refractivity contribution in [2.24, 2.45) is 5.92 Å². The lowest BCUT2D eigenvalue weighted by Gasteiger charge is -2.37. The fourth-order valence-electron chi connectivity index (χ4n) is 2.26. The fourth-order valence-corrected chi connectivity index (χ4v) is 2.26. The highest BCUT2D eigenvalue weighted by Crippen LogP contribution is 2.23. The van der Waals surface area contributed by atoms with Crippen LogP contribution >= 0.6 is 0 Å². The number of carbonyl (C=O) groups excluding carboxylic acids is 1. The topological polar surface area (TPSA) is 69.6 Å². The van der Waals surface area contributed by atoms with E-state index in [1.165, 1.54) is 0 Å². The summed E-state index contributed by atoms with van der Waals surface area (Å²) < 4.78 is 35.8. The number of nitrogens with zero attached hydrogens (tertiary/aromatic N) is 1. The van der Waals surface area contributed by atoms with Gasteiger partial charge in [-0.3, -0.25) is 4.79 Å². The number of hydrogen-bond donors (Lipinski definition) is 2. The minimum atomic E-state index is -4.39. The second-order valence-corrected chi connectivity index (χ2v) is 4.71. The van der Waals surface area contributed by atoms with E-state index in [0.29, 0.717) is 12.8 Å². The Balaban J connectivity index is 2.56. The van der Waals surface area contributed by atoms with Crippen LogP contribution in [0.1, 0.15) is 19.8 Å². The number of nitrogens with one attached hydrogen (secondary N) is 1. The molecule has 1 amide bonds. The molecule has 0 aromatic carbocycles. The predicted octanol–water partition coefficient (Wildman–Crippen LogP) is 0.850. The van der Waals surface area contributed by atoms with E-state index in [1.807, 2.05) is 5.32 Å². The highest BCUT2D eigenvalue weighted by Gasteiger charge is 2.37. The number of carboxylic acid groups (broad SMARTS) is 1. The molecule has 0 aliphatic carbocycles. The molecule has 0 aromatic rings. The van der Waals surface area contributed by atoms with Crippen LogP contribution in [0.4, 0.5) is 13.2 Å². The van der Waals surface area contributed by atoms with Crippen molar-refractivity contribution < 1.29 is 27.9 Å². The monoisotopic (exact) mass is 282 g/mol. The SMILES string of the molecule is CC1CCCN(C(=O)CNCC(F)(F)F)C1C(=O)O. The molecule has 19 heavy (non-hydrogen) atoms. The van der Waals surface area contributed by atoms with Crippen molar-refractivity contribution in [1.29, 1.82) is 0 Å². The molecule has 1 aliphatic rings. The Morgan fingerprint density at radius 3 is 2.58 bits per heavy atom. The van der Waals surface area contributed by atoms with Crippen molar-refractivity contribution in [3.05, 3.63) is 0 Å². The van der Waals surface area contributed by atoms with Crippen molar-refractivity contribution in [1.82, 2.24) is 10.2 Å². The van der Waals surface area contributed by atoms with Crippen LogP contribution in [0.3, 0.4) is 0 Å². The molecular weight excluding hydrogens is 265 g/mol. The number of aliphatic carboxylic acids is 1. The number of carboxylic acids is 1. The second-order valence-electron chi connectivity index (χ2n) is 4.71. The second kappa shape index (κ2) is 6.23. The van der Waals surface area contributed by atoms with Gasteiger partial charge in [0.05, 0.1) is 13.1 Å². The first-order valence-electron chi connectivity index (χ1n) is 6.02. The van der Waals surface area contributed by atoms with Gasteiger partial charge in [-0.15, -0.1) is 0 Å². The van der Waals surface area contributed by atoms with Crippen molar-refractivity contribution in [3.63, 3.8) is 0 Å². The zero-order valence-electron chi connectivity index (χ0n) is 10.5. The van der Waals surface area contributed by atoms with Crippen LogP contribution in [0.5, 0.6) is 0 Å². The summed E-state index contributed by atoms with van der Waals surface area (Å²) in [7, 11) is 0. The average molecular weight is 282 g/mol. The molecule has 1 fully saturated rings. The van der Waals surface area contributed by atoms with Gasteiger partial charge >= 0.3 is 12.1 Å². The lowest BCUT2D eigenvalue weighted by molar-refractivity contribution is -0.155. The number of amides is 1. The van der Waals surface area contributed by atoms with Crippen LogP contribution in [0.25, 0.3) is 0 Å². The van der Waals surface area contributed by atoms with Crippen molar-refractivity contribution in [2.45, 2.75) is 32.0 Å². The molecule has 2 atom stereocenters. The summed E-state index contributed by atoms with van der Waals surface area (Å²) in [5.41, 5.74) is 0. The minimum Gasteiger partial charge on any atom is -0.480 e. The van der Waals surface area contributed by atoms with Gasteiger partial charge in [0.1, 0.15) is 6.04 Å². The van der Waals surface area contributed by atoms with Crippen LogP contribution in [-0.2, 0) is 9.59 Å². The molecule has 0 spiro atoms. The first kappa shape index (κ1) is 15.7. The van der Waals surface area contributed by atoms with E-state index in [0.717, 1.165) is 4.90 Å². The fraction of sp³-hybridized carbons (Fsp3) is 0.818. The molecule has 1 aliphatic heterocycles. The Morgan fingerprint density at radius 1 is 1.42 bits per heavy atom. The van der Waals surface area contributed by atoms with Gasteiger partial charge in [0.2, 0.25) is 5.91 Å². The molecule has 8 heteroatoms. The van der Waals surface area contributed by atoms with E-state index >= 15 is 0 Å². The van der Waals surface area contributed by atoms with E-state index in [1.54, 1.807) is 6.92 Å². The molecule has 1 heterocycles. The van der Waals surface area contributed by atoms with Gasteiger partial charge in [0.25, 0.3) is 0 Å². The van der Waals surface area contributed by atoms with E-state index in [9.17, 15) is 22.8 Å². The average Bonchev–Trinajstić information content (AvgIpc) is 2.26. The molecule has 110 valence electrons. The minimum absolute atomic E-state index is 0.196. The molecule has 0 saturated carbocycles. The highest BCUT2D eigenvalue weighted by molar-refractivity contribution is 5.85. The number of rotatable bonds is 4. The maximum absolute atomic E-state index is 11.9. The standard InChI is InChI=1S/C11H17F3N2O3/c1-7-3-2-4-16(9(7)10(18)19)8(17)5-15-6-11(12,13)14/h7,9,15H,2-6H2,1H3,(H,18,19). The quantitative estimate of drug-likeness (QED) is 0.802. The molecule has 0 bridgehead atoms. The molecule has 0 aromatic heterocycles. The molecule has 2 unspecified atom stereocenters. The Labute approximate surface area is 108 Å². The van der Waals surface area contributed by atoms with Crippen LogP contribution in [-0.4, -0.2) is 53.7 Å². The zero-order valence-corrected chi connectivity index (χ0v) is 10.5. The maximum Gasteiger partial charge on any atom is 0.401 e. The summed E-state index contributed by atoms with van der Waals surface area (Å²) in [6.45, 7) is 0.227. The molecule has 1 rings (SSSR count). The first-order valence-corrected chi connectivity index (χ1v) is 6.02. The summed E-state index contributed by atoms with van der Waals surface area (Å²) in [6, 6.07) is -0.950. The van der Waals surface area contributed by atoms with Crippen LogP contribution in [0.15, 0.2) is 0 Å². The third-order valence-electron chi connectivity index (χ3n) is 3.11.